The summed E-state index contributed by atoms with van der Waals surface area (Å²) in [6.45, 7) is 5.32. The molecule has 0 atom stereocenters. The van der Waals surface area contributed by atoms with Crippen LogP contribution in [0.15, 0.2) is 23.1 Å². The number of ether oxygens (including phenoxy) is 1. The van der Waals surface area contributed by atoms with Gasteiger partial charge in [0.25, 0.3) is 5.91 Å². The van der Waals surface area contributed by atoms with Crippen LogP contribution < -0.4 is 10.6 Å². The van der Waals surface area contributed by atoms with E-state index in [1.807, 2.05) is 6.92 Å². The van der Waals surface area contributed by atoms with Crippen molar-refractivity contribution in [1.82, 2.24) is 14.9 Å². The minimum Gasteiger partial charge on any atom is -0.383 e. The smallest absolute Gasteiger partial charge is 0.251 e. The Bertz CT molecular complexity index is 707. The predicted molar refractivity (Wildman–Crippen MR) is 108 cm³/mol. The summed E-state index contributed by atoms with van der Waals surface area (Å²) in [6.07, 6.45) is 2.83. The number of carbonyl (C=O) groups excluding carboxylic acids is 1. The van der Waals surface area contributed by atoms with Crippen molar-refractivity contribution in [2.45, 2.75) is 31.1 Å². The third-order valence-corrected chi connectivity index (χ3v) is 6.37. The maximum atomic E-state index is 12.8. The minimum absolute atomic E-state index is 0. The Morgan fingerprint density at radius 3 is 2.52 bits per heavy atom. The Morgan fingerprint density at radius 2 is 1.85 bits per heavy atom. The largest absolute Gasteiger partial charge is 0.383 e. The fourth-order valence-corrected chi connectivity index (χ4v) is 4.46. The first kappa shape index (κ1) is 23.8. The lowest BCUT2D eigenvalue weighted by molar-refractivity contribution is 0.0953. The first-order valence-electron chi connectivity index (χ1n) is 9.05. The number of benzene rings is 1. The lowest BCUT2D eigenvalue weighted by Crippen LogP contribution is -2.36. The van der Waals surface area contributed by atoms with E-state index in [4.69, 9.17) is 4.74 Å². The molecule has 154 valence electrons. The number of hydrogen-bond acceptors (Lipinski definition) is 5. The predicted octanol–water partition coefficient (Wildman–Crippen LogP) is 1.56. The standard InChI is InChI=1S/C18H29N3O4S.ClH/c1-15-6-7-16(26(23,24)21-11-4-3-5-12-21)14-17(15)18(22)20-9-8-19-10-13-25-2;/h6-7,14,19H,3-5,8-13H2,1-2H3,(H,20,22);1H. The number of hydrogen-bond donors (Lipinski definition) is 2. The highest BCUT2D eigenvalue weighted by Crippen LogP contribution is 2.22. The van der Waals surface area contributed by atoms with Crippen LogP contribution in [0, 0.1) is 6.92 Å². The van der Waals surface area contributed by atoms with Gasteiger partial charge in [-0.15, -0.1) is 12.4 Å². The lowest BCUT2D eigenvalue weighted by atomic mass is 10.1. The summed E-state index contributed by atoms with van der Waals surface area (Å²) in [6, 6.07) is 4.78. The molecule has 0 unspecified atom stereocenters. The molecular formula is C18H30ClN3O4S. The van der Waals surface area contributed by atoms with Crippen molar-refractivity contribution < 1.29 is 17.9 Å². The molecule has 0 spiro atoms. The molecule has 2 N–H and O–H groups in total. The van der Waals surface area contributed by atoms with Crippen molar-refractivity contribution in [3.05, 3.63) is 29.3 Å². The summed E-state index contributed by atoms with van der Waals surface area (Å²) in [5.41, 5.74) is 1.16. The fraction of sp³-hybridized carbons (Fsp3) is 0.611. The van der Waals surface area contributed by atoms with Crippen molar-refractivity contribution in [1.29, 1.82) is 0 Å². The molecule has 1 saturated heterocycles. The van der Waals surface area contributed by atoms with Crippen LogP contribution in [-0.4, -0.2) is 65.1 Å². The molecule has 9 heteroatoms. The quantitative estimate of drug-likeness (QED) is 0.593. The third kappa shape index (κ3) is 6.73. The summed E-state index contributed by atoms with van der Waals surface area (Å²) >= 11 is 0. The van der Waals surface area contributed by atoms with Crippen molar-refractivity contribution in [3.63, 3.8) is 0 Å². The molecule has 1 aromatic carbocycles. The second-order valence-electron chi connectivity index (χ2n) is 6.44. The van der Waals surface area contributed by atoms with Gasteiger partial charge in [0.15, 0.2) is 0 Å². The van der Waals surface area contributed by atoms with E-state index in [2.05, 4.69) is 10.6 Å². The molecule has 2 rings (SSSR count). The number of methoxy groups -OCH3 is 1. The van der Waals surface area contributed by atoms with E-state index in [-0.39, 0.29) is 23.2 Å². The van der Waals surface area contributed by atoms with Gasteiger partial charge in [-0.05, 0) is 37.5 Å². The van der Waals surface area contributed by atoms with Crippen LogP contribution in [0.3, 0.4) is 0 Å². The summed E-state index contributed by atoms with van der Waals surface area (Å²) < 4.78 is 32.1. The molecule has 0 bridgehead atoms. The van der Waals surface area contributed by atoms with Crippen LogP contribution in [0.5, 0.6) is 0 Å². The molecule has 0 radical (unpaired) electrons. The number of nitrogens with one attached hydrogen (secondary N) is 2. The van der Waals surface area contributed by atoms with Gasteiger partial charge in [-0.25, -0.2) is 8.42 Å². The average molecular weight is 420 g/mol. The second kappa shape index (κ2) is 11.6. The molecule has 1 heterocycles. The van der Waals surface area contributed by atoms with Gasteiger partial charge in [0.1, 0.15) is 0 Å². The second-order valence-corrected chi connectivity index (χ2v) is 8.38. The zero-order chi connectivity index (χ0) is 19.0. The number of carbonyl (C=O) groups is 1. The average Bonchev–Trinajstić information content (AvgIpc) is 2.65. The SMILES string of the molecule is COCCNCCNC(=O)c1cc(S(=O)(=O)N2CCCCC2)ccc1C.Cl. The molecule has 0 aromatic heterocycles. The molecule has 1 aliphatic rings. The summed E-state index contributed by atoms with van der Waals surface area (Å²) in [5, 5.41) is 5.97. The van der Waals surface area contributed by atoms with Gasteiger partial charge in [-0.2, -0.15) is 4.31 Å². The number of nitrogens with zero attached hydrogens (tertiary/aromatic N) is 1. The van der Waals surface area contributed by atoms with E-state index < -0.39 is 10.0 Å². The number of rotatable bonds is 9. The molecule has 27 heavy (non-hydrogen) atoms. The van der Waals surface area contributed by atoms with Crippen LogP contribution in [0.4, 0.5) is 0 Å². The third-order valence-electron chi connectivity index (χ3n) is 4.48. The van der Waals surface area contributed by atoms with Crippen LogP contribution in [0.2, 0.25) is 0 Å². The van der Waals surface area contributed by atoms with Crippen LogP contribution in [0.25, 0.3) is 0 Å². The minimum atomic E-state index is -3.54. The summed E-state index contributed by atoms with van der Waals surface area (Å²) in [7, 11) is -1.91. The van der Waals surface area contributed by atoms with Gasteiger partial charge < -0.3 is 15.4 Å². The van der Waals surface area contributed by atoms with Crippen LogP contribution >= 0.6 is 12.4 Å². The first-order chi connectivity index (χ1) is 12.5. The van der Waals surface area contributed by atoms with Gasteiger partial charge in [0, 0.05) is 45.4 Å². The number of halogens is 1. The maximum Gasteiger partial charge on any atom is 0.251 e. The molecule has 0 saturated carbocycles. The molecule has 1 aliphatic heterocycles. The molecule has 7 nitrogen and oxygen atoms in total. The topological polar surface area (TPSA) is 87.7 Å². The monoisotopic (exact) mass is 419 g/mol. The molecule has 1 fully saturated rings. The highest BCUT2D eigenvalue weighted by molar-refractivity contribution is 7.89. The van der Waals surface area contributed by atoms with E-state index in [0.29, 0.717) is 38.3 Å². The Balaban J connectivity index is 0.00000364. The van der Waals surface area contributed by atoms with E-state index in [0.717, 1.165) is 31.4 Å². The summed E-state index contributed by atoms with van der Waals surface area (Å²) in [5.74, 6) is -0.258. The Morgan fingerprint density at radius 1 is 1.15 bits per heavy atom. The highest BCUT2D eigenvalue weighted by atomic mass is 35.5. The van der Waals surface area contributed by atoms with Gasteiger partial charge >= 0.3 is 0 Å². The zero-order valence-electron chi connectivity index (χ0n) is 16.0. The molecule has 1 amide bonds. The van der Waals surface area contributed by atoms with E-state index >= 15 is 0 Å². The van der Waals surface area contributed by atoms with Gasteiger partial charge in [-0.3, -0.25) is 4.79 Å². The number of amides is 1. The summed E-state index contributed by atoms with van der Waals surface area (Å²) in [4.78, 5) is 12.6. The number of sulfonamides is 1. The fourth-order valence-electron chi connectivity index (χ4n) is 2.92. The first-order valence-corrected chi connectivity index (χ1v) is 10.5. The van der Waals surface area contributed by atoms with E-state index in [9.17, 15) is 13.2 Å². The van der Waals surface area contributed by atoms with Gasteiger partial charge in [0.05, 0.1) is 11.5 Å². The highest BCUT2D eigenvalue weighted by Gasteiger charge is 2.26. The van der Waals surface area contributed by atoms with Crippen molar-refractivity contribution >= 4 is 28.3 Å². The Labute approximate surface area is 168 Å². The Hall–Kier alpha value is -1.19. The van der Waals surface area contributed by atoms with Gasteiger partial charge in [-0.1, -0.05) is 12.5 Å². The van der Waals surface area contributed by atoms with Crippen LogP contribution in [-0.2, 0) is 14.8 Å². The van der Waals surface area contributed by atoms with E-state index in [1.165, 1.54) is 10.4 Å². The maximum absolute atomic E-state index is 12.8. The molecule has 0 aliphatic carbocycles. The number of piperidine rings is 1. The molecular weight excluding hydrogens is 390 g/mol. The van der Waals surface area contributed by atoms with Crippen molar-refractivity contribution in [2.75, 3.05) is 46.4 Å². The zero-order valence-corrected chi connectivity index (χ0v) is 17.6. The lowest BCUT2D eigenvalue weighted by Gasteiger charge is -2.26. The van der Waals surface area contributed by atoms with Crippen molar-refractivity contribution in [2.24, 2.45) is 0 Å². The van der Waals surface area contributed by atoms with Gasteiger partial charge in [0.2, 0.25) is 10.0 Å². The van der Waals surface area contributed by atoms with Crippen LogP contribution in [0.1, 0.15) is 35.2 Å². The normalized spacial score (nSPS) is 15.2. The number of aryl methyl sites for hydroxylation is 1. The van der Waals surface area contributed by atoms with E-state index in [1.54, 1.807) is 19.2 Å². The molecule has 1 aromatic rings. The van der Waals surface area contributed by atoms with Crippen molar-refractivity contribution in [3.8, 4) is 0 Å². The Kier molecular flexibility index (Phi) is 10.3.